The third kappa shape index (κ3) is 5.83. The molecule has 23 heavy (non-hydrogen) atoms. The van der Waals surface area contributed by atoms with Gasteiger partial charge in [0.05, 0.1) is 0 Å². The summed E-state index contributed by atoms with van der Waals surface area (Å²) in [6, 6.07) is 4.98. The molecule has 0 aromatic heterocycles. The Bertz CT molecular complexity index is 516. The highest BCUT2D eigenvalue weighted by Crippen LogP contribution is 2.24. The summed E-state index contributed by atoms with van der Waals surface area (Å²) in [7, 11) is 0. The molecular weight excluding hydrogens is 340 g/mol. The van der Waals surface area contributed by atoms with Crippen LogP contribution in [0.1, 0.15) is 25.3 Å². The van der Waals surface area contributed by atoms with Gasteiger partial charge in [-0.1, -0.05) is 6.92 Å². The molecule has 0 spiro atoms. The van der Waals surface area contributed by atoms with Crippen molar-refractivity contribution in [3.8, 4) is 0 Å². The van der Waals surface area contributed by atoms with Gasteiger partial charge in [-0.05, 0) is 43.5 Å². The summed E-state index contributed by atoms with van der Waals surface area (Å²) in [4.78, 5) is 14.2. The van der Waals surface area contributed by atoms with Crippen molar-refractivity contribution in [2.45, 2.75) is 32.7 Å². The van der Waals surface area contributed by atoms with Gasteiger partial charge in [-0.15, -0.1) is 24.8 Å². The Hall–Kier alpha value is -1.04. The summed E-state index contributed by atoms with van der Waals surface area (Å²) in [6.07, 6.45) is 1.98. The maximum atomic E-state index is 13.2. The average Bonchev–Trinajstić information content (AvgIpc) is 2.46. The second-order valence-corrected chi connectivity index (χ2v) is 5.86. The molecular formula is C16H26Cl2FN3O. The van der Waals surface area contributed by atoms with E-state index in [0.717, 1.165) is 37.2 Å². The lowest BCUT2D eigenvalue weighted by molar-refractivity contribution is -0.124. The summed E-state index contributed by atoms with van der Waals surface area (Å²) in [5.41, 5.74) is 7.50. The first-order valence-electron chi connectivity index (χ1n) is 7.52. The van der Waals surface area contributed by atoms with Crippen molar-refractivity contribution in [2.24, 2.45) is 11.7 Å². The summed E-state index contributed by atoms with van der Waals surface area (Å²) in [5, 5.41) is 3.07. The lowest BCUT2D eigenvalue weighted by Crippen LogP contribution is -2.49. The van der Waals surface area contributed by atoms with Gasteiger partial charge >= 0.3 is 0 Å². The van der Waals surface area contributed by atoms with Gasteiger partial charge in [-0.25, -0.2) is 4.39 Å². The maximum Gasteiger partial charge on any atom is 0.224 e. The molecule has 3 N–H and O–H groups in total. The van der Waals surface area contributed by atoms with Gasteiger partial charge in [-0.2, -0.15) is 0 Å². The standard InChI is InChI=1S/C16H24FN3O.2ClH/c1-11-8-13(17)5-6-15(11)20-7-3-4-14(10-20)19-16(21)12(2)9-18;;/h5-6,8,12,14H,3-4,7,9-10,18H2,1-2H3,(H,19,21);2*1H. The number of aryl methyl sites for hydroxylation is 1. The predicted molar refractivity (Wildman–Crippen MR) is 97.2 cm³/mol. The molecule has 2 rings (SSSR count). The monoisotopic (exact) mass is 365 g/mol. The molecule has 1 fully saturated rings. The molecule has 4 nitrogen and oxygen atoms in total. The van der Waals surface area contributed by atoms with E-state index in [1.54, 1.807) is 6.07 Å². The van der Waals surface area contributed by atoms with E-state index in [2.05, 4.69) is 10.2 Å². The Morgan fingerprint density at radius 2 is 2.17 bits per heavy atom. The van der Waals surface area contributed by atoms with Crippen molar-refractivity contribution in [1.29, 1.82) is 0 Å². The van der Waals surface area contributed by atoms with E-state index >= 15 is 0 Å². The topological polar surface area (TPSA) is 58.4 Å². The lowest BCUT2D eigenvalue weighted by atomic mass is 10.0. The van der Waals surface area contributed by atoms with E-state index in [1.807, 2.05) is 19.9 Å². The van der Waals surface area contributed by atoms with Gasteiger partial charge in [0.15, 0.2) is 0 Å². The van der Waals surface area contributed by atoms with Crippen LogP contribution in [0.2, 0.25) is 0 Å². The first kappa shape index (κ1) is 22.0. The molecule has 0 aliphatic carbocycles. The van der Waals surface area contributed by atoms with Gasteiger partial charge < -0.3 is 16.0 Å². The van der Waals surface area contributed by atoms with Crippen molar-refractivity contribution in [2.75, 3.05) is 24.5 Å². The minimum atomic E-state index is -0.213. The number of rotatable bonds is 4. The molecule has 1 heterocycles. The van der Waals surface area contributed by atoms with E-state index in [9.17, 15) is 9.18 Å². The fourth-order valence-corrected chi connectivity index (χ4v) is 2.74. The Morgan fingerprint density at radius 3 is 2.78 bits per heavy atom. The summed E-state index contributed by atoms with van der Waals surface area (Å²) in [5.74, 6) is -0.358. The number of nitrogens with zero attached hydrogens (tertiary/aromatic N) is 1. The van der Waals surface area contributed by atoms with Crippen LogP contribution < -0.4 is 16.0 Å². The smallest absolute Gasteiger partial charge is 0.224 e. The number of halogens is 3. The van der Waals surface area contributed by atoms with Crippen LogP contribution in [-0.2, 0) is 4.79 Å². The largest absolute Gasteiger partial charge is 0.369 e. The van der Waals surface area contributed by atoms with Crippen molar-refractivity contribution >= 4 is 36.4 Å². The molecule has 1 aliphatic heterocycles. The number of amides is 1. The number of nitrogens with two attached hydrogens (primary N) is 1. The fourth-order valence-electron chi connectivity index (χ4n) is 2.74. The van der Waals surface area contributed by atoms with Gasteiger partial charge in [0.1, 0.15) is 5.82 Å². The van der Waals surface area contributed by atoms with Crippen molar-refractivity contribution in [3.05, 3.63) is 29.6 Å². The first-order valence-corrected chi connectivity index (χ1v) is 7.52. The third-order valence-corrected chi connectivity index (χ3v) is 4.07. The normalized spacial score (nSPS) is 18.4. The summed E-state index contributed by atoms with van der Waals surface area (Å²) in [6.45, 7) is 5.80. The van der Waals surface area contributed by atoms with Crippen LogP contribution >= 0.6 is 24.8 Å². The van der Waals surface area contributed by atoms with Gasteiger partial charge in [0.2, 0.25) is 5.91 Å². The van der Waals surface area contributed by atoms with Crippen LogP contribution in [-0.4, -0.2) is 31.6 Å². The fraction of sp³-hybridized carbons (Fsp3) is 0.562. The van der Waals surface area contributed by atoms with E-state index in [1.165, 1.54) is 6.07 Å². The van der Waals surface area contributed by atoms with E-state index in [4.69, 9.17) is 5.73 Å². The molecule has 1 saturated heterocycles. The second kappa shape index (κ2) is 9.96. The lowest BCUT2D eigenvalue weighted by Gasteiger charge is -2.36. The molecule has 1 aromatic rings. The molecule has 2 atom stereocenters. The Balaban J connectivity index is 0.00000242. The minimum Gasteiger partial charge on any atom is -0.369 e. The number of benzene rings is 1. The van der Waals surface area contributed by atoms with Crippen molar-refractivity contribution in [3.63, 3.8) is 0 Å². The number of hydrogen-bond acceptors (Lipinski definition) is 3. The molecule has 7 heteroatoms. The summed E-state index contributed by atoms with van der Waals surface area (Å²) < 4.78 is 13.2. The first-order chi connectivity index (χ1) is 10.0. The molecule has 0 saturated carbocycles. The molecule has 0 bridgehead atoms. The van der Waals surface area contributed by atoms with Crippen LogP contribution in [0.15, 0.2) is 18.2 Å². The number of carbonyl (C=O) groups excluding carboxylic acids is 1. The number of piperidine rings is 1. The van der Waals surface area contributed by atoms with Crippen LogP contribution in [0.3, 0.4) is 0 Å². The van der Waals surface area contributed by atoms with Crippen LogP contribution in [0.25, 0.3) is 0 Å². The molecule has 1 aromatic carbocycles. The highest BCUT2D eigenvalue weighted by molar-refractivity contribution is 5.85. The van der Waals surface area contributed by atoms with E-state index in [0.29, 0.717) is 6.54 Å². The summed E-state index contributed by atoms with van der Waals surface area (Å²) >= 11 is 0. The van der Waals surface area contributed by atoms with Gasteiger partial charge in [0, 0.05) is 37.3 Å². The van der Waals surface area contributed by atoms with Crippen LogP contribution in [0, 0.1) is 18.7 Å². The molecule has 1 amide bonds. The minimum absolute atomic E-state index is 0. The van der Waals surface area contributed by atoms with E-state index in [-0.39, 0.29) is 48.5 Å². The van der Waals surface area contributed by atoms with E-state index < -0.39 is 0 Å². The second-order valence-electron chi connectivity index (χ2n) is 5.86. The van der Waals surface area contributed by atoms with Gasteiger partial charge in [0.25, 0.3) is 0 Å². The SMILES string of the molecule is Cc1cc(F)ccc1N1CCCC(NC(=O)C(C)CN)C1.Cl.Cl. The molecule has 132 valence electrons. The zero-order valence-corrected chi connectivity index (χ0v) is 15.2. The number of nitrogens with one attached hydrogen (secondary N) is 1. The van der Waals surface area contributed by atoms with Gasteiger partial charge in [-0.3, -0.25) is 4.79 Å². The highest BCUT2D eigenvalue weighted by atomic mass is 35.5. The molecule has 1 aliphatic rings. The maximum absolute atomic E-state index is 13.2. The Kier molecular flexibility index (Phi) is 9.51. The third-order valence-electron chi connectivity index (χ3n) is 4.07. The average molecular weight is 366 g/mol. The van der Waals surface area contributed by atoms with Crippen LogP contribution in [0.4, 0.5) is 10.1 Å². The Labute approximate surface area is 149 Å². The predicted octanol–water partition coefficient (Wildman–Crippen LogP) is 2.66. The van der Waals surface area contributed by atoms with Crippen molar-refractivity contribution < 1.29 is 9.18 Å². The molecule has 0 radical (unpaired) electrons. The molecule has 2 unspecified atom stereocenters. The quantitative estimate of drug-likeness (QED) is 0.862. The van der Waals surface area contributed by atoms with Crippen LogP contribution in [0.5, 0.6) is 0 Å². The number of hydrogen-bond donors (Lipinski definition) is 2. The number of carbonyl (C=O) groups is 1. The van der Waals surface area contributed by atoms with Crippen molar-refractivity contribution in [1.82, 2.24) is 5.32 Å². The Morgan fingerprint density at radius 1 is 1.48 bits per heavy atom. The number of anilines is 1. The zero-order chi connectivity index (χ0) is 15.4. The zero-order valence-electron chi connectivity index (χ0n) is 13.5. The highest BCUT2D eigenvalue weighted by Gasteiger charge is 2.23.